The molecule has 0 aromatic heterocycles. The number of anilines is 1. The molecular weight excluding hydrogens is 313 g/mol. The molecule has 0 saturated carbocycles. The van der Waals surface area contributed by atoms with Gasteiger partial charge in [0, 0.05) is 15.7 Å². The Balaban J connectivity index is 1.96. The van der Waals surface area contributed by atoms with E-state index in [4.69, 9.17) is 23.2 Å². The Bertz CT molecular complexity index is 627. The summed E-state index contributed by atoms with van der Waals surface area (Å²) in [7, 11) is 0. The van der Waals surface area contributed by atoms with Gasteiger partial charge in [-0.3, -0.25) is 9.69 Å². The fraction of sp³-hybridized carbons (Fsp3) is 0.133. The maximum Gasteiger partial charge on any atom is 0.238 e. The molecule has 1 saturated heterocycles. The van der Waals surface area contributed by atoms with Crippen molar-refractivity contribution >= 4 is 46.6 Å². The highest BCUT2D eigenvalue weighted by molar-refractivity contribution is 8.00. The molecular formula is C15H11Cl2NOS. The molecule has 2 aromatic rings. The summed E-state index contributed by atoms with van der Waals surface area (Å²) >= 11 is 13.4. The number of nitrogens with zero attached hydrogens (tertiary/aromatic N) is 1. The van der Waals surface area contributed by atoms with E-state index >= 15 is 0 Å². The molecule has 0 aliphatic carbocycles. The molecule has 102 valence electrons. The van der Waals surface area contributed by atoms with Gasteiger partial charge in [0.25, 0.3) is 0 Å². The summed E-state index contributed by atoms with van der Waals surface area (Å²) in [5, 5.41) is 1.35. The van der Waals surface area contributed by atoms with Crippen molar-refractivity contribution in [2.24, 2.45) is 0 Å². The average molecular weight is 324 g/mol. The predicted octanol–water partition coefficient (Wildman–Crippen LogP) is 4.77. The Morgan fingerprint density at radius 3 is 2.10 bits per heavy atom. The van der Waals surface area contributed by atoms with Crippen LogP contribution in [-0.2, 0) is 4.79 Å². The predicted molar refractivity (Wildman–Crippen MR) is 85.6 cm³/mol. The van der Waals surface area contributed by atoms with Crippen LogP contribution in [-0.4, -0.2) is 11.7 Å². The molecule has 0 spiro atoms. The van der Waals surface area contributed by atoms with Crippen molar-refractivity contribution in [3.05, 3.63) is 64.1 Å². The summed E-state index contributed by atoms with van der Waals surface area (Å²) < 4.78 is 0. The Hall–Kier alpha value is -1.16. The Morgan fingerprint density at radius 1 is 0.950 bits per heavy atom. The summed E-state index contributed by atoms with van der Waals surface area (Å²) in [5.74, 6) is 0.591. The molecule has 1 atom stereocenters. The smallest absolute Gasteiger partial charge is 0.238 e. The van der Waals surface area contributed by atoms with Crippen LogP contribution in [0.25, 0.3) is 0 Å². The third-order valence-corrected chi connectivity index (χ3v) is 4.84. The molecule has 1 aliphatic heterocycles. The van der Waals surface area contributed by atoms with Crippen LogP contribution in [0.4, 0.5) is 5.69 Å². The molecule has 3 rings (SSSR count). The normalized spacial score (nSPS) is 18.6. The lowest BCUT2D eigenvalue weighted by Crippen LogP contribution is -2.27. The minimum absolute atomic E-state index is 0.0130. The van der Waals surface area contributed by atoms with E-state index < -0.39 is 0 Å². The third-order valence-electron chi connectivity index (χ3n) is 3.13. The molecule has 1 heterocycles. The summed E-state index contributed by atoms with van der Waals surface area (Å²) in [6.45, 7) is 0. The summed E-state index contributed by atoms with van der Waals surface area (Å²) in [6.07, 6.45) is 0. The number of thioether (sulfide) groups is 1. The molecule has 2 aromatic carbocycles. The van der Waals surface area contributed by atoms with Crippen LogP contribution in [0.3, 0.4) is 0 Å². The Kier molecular flexibility index (Phi) is 3.92. The molecule has 0 bridgehead atoms. The molecule has 1 aliphatic rings. The highest BCUT2D eigenvalue weighted by Gasteiger charge is 2.33. The Labute approximate surface area is 131 Å². The number of rotatable bonds is 2. The van der Waals surface area contributed by atoms with Crippen molar-refractivity contribution in [3.8, 4) is 0 Å². The number of hydrogen-bond donors (Lipinski definition) is 0. The molecule has 0 unspecified atom stereocenters. The zero-order valence-electron chi connectivity index (χ0n) is 10.4. The van der Waals surface area contributed by atoms with Crippen LogP contribution >= 0.6 is 35.0 Å². The standard InChI is InChI=1S/C15H11Cl2NOS/c16-11-3-1-10(2-4-11)15-18(14(19)9-20-15)13-7-5-12(17)6-8-13/h1-8,15H,9H2/t15-/m0/s1. The molecule has 20 heavy (non-hydrogen) atoms. The first-order chi connectivity index (χ1) is 9.65. The second kappa shape index (κ2) is 5.68. The van der Waals surface area contributed by atoms with Crippen LogP contribution in [0.1, 0.15) is 10.9 Å². The first kappa shape index (κ1) is 13.8. The second-order valence-electron chi connectivity index (χ2n) is 4.46. The van der Waals surface area contributed by atoms with Gasteiger partial charge in [-0.1, -0.05) is 35.3 Å². The van der Waals surface area contributed by atoms with E-state index in [9.17, 15) is 4.79 Å². The number of hydrogen-bond acceptors (Lipinski definition) is 2. The molecule has 2 nitrogen and oxygen atoms in total. The number of benzene rings is 2. The lowest BCUT2D eigenvalue weighted by Gasteiger charge is -2.24. The highest BCUT2D eigenvalue weighted by atomic mass is 35.5. The summed E-state index contributed by atoms with van der Waals surface area (Å²) in [4.78, 5) is 14.0. The van der Waals surface area contributed by atoms with E-state index in [1.165, 1.54) is 0 Å². The van der Waals surface area contributed by atoms with E-state index in [1.807, 2.05) is 41.3 Å². The summed E-state index contributed by atoms with van der Waals surface area (Å²) in [6, 6.07) is 15.0. The lowest BCUT2D eigenvalue weighted by atomic mass is 10.2. The lowest BCUT2D eigenvalue weighted by molar-refractivity contribution is -0.115. The SMILES string of the molecule is O=C1CS[C@@H](c2ccc(Cl)cc2)N1c1ccc(Cl)cc1. The van der Waals surface area contributed by atoms with Gasteiger partial charge in [-0.05, 0) is 42.0 Å². The zero-order valence-corrected chi connectivity index (χ0v) is 12.8. The van der Waals surface area contributed by atoms with Crippen LogP contribution in [0, 0.1) is 0 Å². The van der Waals surface area contributed by atoms with Gasteiger partial charge in [0.05, 0.1) is 5.75 Å². The quantitative estimate of drug-likeness (QED) is 0.793. The van der Waals surface area contributed by atoms with E-state index in [0.717, 1.165) is 11.3 Å². The van der Waals surface area contributed by atoms with Crippen LogP contribution in [0.15, 0.2) is 48.5 Å². The van der Waals surface area contributed by atoms with Crippen molar-refractivity contribution < 1.29 is 4.79 Å². The van der Waals surface area contributed by atoms with Crippen molar-refractivity contribution in [3.63, 3.8) is 0 Å². The number of amides is 1. The largest absolute Gasteiger partial charge is 0.295 e. The van der Waals surface area contributed by atoms with Gasteiger partial charge < -0.3 is 0 Å². The van der Waals surface area contributed by atoms with Crippen molar-refractivity contribution in [1.29, 1.82) is 0 Å². The third kappa shape index (κ3) is 2.66. The van der Waals surface area contributed by atoms with Gasteiger partial charge in [0.15, 0.2) is 0 Å². The highest BCUT2D eigenvalue weighted by Crippen LogP contribution is 2.42. The van der Waals surface area contributed by atoms with Crippen LogP contribution < -0.4 is 4.90 Å². The molecule has 5 heteroatoms. The number of carbonyl (C=O) groups is 1. The average Bonchev–Trinajstić information content (AvgIpc) is 2.83. The Morgan fingerprint density at radius 2 is 1.50 bits per heavy atom. The zero-order chi connectivity index (χ0) is 14.1. The monoisotopic (exact) mass is 323 g/mol. The molecule has 0 radical (unpaired) electrons. The topological polar surface area (TPSA) is 20.3 Å². The van der Waals surface area contributed by atoms with E-state index in [0.29, 0.717) is 15.8 Å². The summed E-state index contributed by atoms with van der Waals surface area (Å²) in [5.41, 5.74) is 1.93. The first-order valence-corrected chi connectivity index (χ1v) is 7.90. The van der Waals surface area contributed by atoms with Gasteiger partial charge in [-0.25, -0.2) is 0 Å². The molecule has 1 amide bonds. The van der Waals surface area contributed by atoms with Gasteiger partial charge in [-0.15, -0.1) is 11.8 Å². The maximum absolute atomic E-state index is 12.2. The number of halogens is 2. The van der Waals surface area contributed by atoms with E-state index in [-0.39, 0.29) is 11.3 Å². The van der Waals surface area contributed by atoms with Crippen LogP contribution in [0.5, 0.6) is 0 Å². The van der Waals surface area contributed by atoms with E-state index in [2.05, 4.69) is 0 Å². The maximum atomic E-state index is 12.2. The van der Waals surface area contributed by atoms with Crippen molar-refractivity contribution in [2.75, 3.05) is 10.7 Å². The molecule has 0 N–H and O–H groups in total. The van der Waals surface area contributed by atoms with Gasteiger partial charge in [0.2, 0.25) is 5.91 Å². The fourth-order valence-electron chi connectivity index (χ4n) is 2.18. The van der Waals surface area contributed by atoms with E-state index in [1.54, 1.807) is 23.9 Å². The minimum atomic E-state index is -0.0130. The van der Waals surface area contributed by atoms with Gasteiger partial charge in [0.1, 0.15) is 5.37 Å². The fourth-order valence-corrected chi connectivity index (χ4v) is 3.61. The first-order valence-electron chi connectivity index (χ1n) is 6.10. The van der Waals surface area contributed by atoms with Gasteiger partial charge >= 0.3 is 0 Å². The molecule has 1 fully saturated rings. The minimum Gasteiger partial charge on any atom is -0.295 e. The van der Waals surface area contributed by atoms with Crippen molar-refractivity contribution in [2.45, 2.75) is 5.37 Å². The van der Waals surface area contributed by atoms with Gasteiger partial charge in [-0.2, -0.15) is 0 Å². The second-order valence-corrected chi connectivity index (χ2v) is 6.40. The van der Waals surface area contributed by atoms with Crippen molar-refractivity contribution in [1.82, 2.24) is 0 Å². The van der Waals surface area contributed by atoms with Crippen LogP contribution in [0.2, 0.25) is 10.0 Å². The number of carbonyl (C=O) groups excluding carboxylic acids is 1.